The molecule has 0 atom stereocenters. The molecule has 19 heavy (non-hydrogen) atoms. The third-order valence-corrected chi connectivity index (χ3v) is 3.34. The van der Waals surface area contributed by atoms with Crippen molar-refractivity contribution in [2.75, 3.05) is 33.9 Å². The molecule has 0 heterocycles. The van der Waals surface area contributed by atoms with Crippen LogP contribution in [0.25, 0.3) is 0 Å². The highest BCUT2D eigenvalue weighted by molar-refractivity contribution is 5.27. The van der Waals surface area contributed by atoms with Gasteiger partial charge in [0, 0.05) is 20.2 Å². The van der Waals surface area contributed by atoms with Gasteiger partial charge in [-0.1, -0.05) is 26.0 Å². The lowest BCUT2D eigenvalue weighted by Gasteiger charge is -2.25. The molecule has 0 saturated heterocycles. The summed E-state index contributed by atoms with van der Waals surface area (Å²) in [5, 5.41) is 3.44. The molecule has 0 unspecified atom stereocenters. The molecule has 3 heteroatoms. The van der Waals surface area contributed by atoms with Crippen LogP contribution in [0.1, 0.15) is 25.8 Å². The average molecular weight is 265 g/mol. The molecule has 0 radical (unpaired) electrons. The third-order valence-electron chi connectivity index (χ3n) is 3.34. The fourth-order valence-corrected chi connectivity index (χ4v) is 1.96. The van der Waals surface area contributed by atoms with Crippen LogP contribution in [0.2, 0.25) is 0 Å². The number of nitrogens with one attached hydrogen (secondary N) is 1. The van der Waals surface area contributed by atoms with Crippen molar-refractivity contribution in [1.29, 1.82) is 0 Å². The van der Waals surface area contributed by atoms with Gasteiger partial charge in [-0.05, 0) is 36.0 Å². The normalized spacial score (nSPS) is 11.6. The standard InChI is InChI=1S/C16H27NO2/c1-16(2,13-17-11-12-18-3)10-9-14-5-7-15(19-4)8-6-14/h5-8,17H,9-13H2,1-4H3. The van der Waals surface area contributed by atoms with E-state index in [1.807, 2.05) is 12.1 Å². The topological polar surface area (TPSA) is 30.5 Å². The maximum atomic E-state index is 5.17. The summed E-state index contributed by atoms with van der Waals surface area (Å²) in [6.07, 6.45) is 2.27. The second-order valence-corrected chi connectivity index (χ2v) is 5.68. The van der Waals surface area contributed by atoms with Crippen molar-refractivity contribution in [1.82, 2.24) is 5.32 Å². The summed E-state index contributed by atoms with van der Waals surface area (Å²) < 4.78 is 10.2. The first-order valence-electron chi connectivity index (χ1n) is 6.90. The summed E-state index contributed by atoms with van der Waals surface area (Å²) in [6.45, 7) is 7.32. The van der Waals surface area contributed by atoms with E-state index >= 15 is 0 Å². The van der Waals surface area contributed by atoms with Crippen molar-refractivity contribution in [3.8, 4) is 5.75 Å². The SMILES string of the molecule is COCCNCC(C)(C)CCc1ccc(OC)cc1. The average Bonchev–Trinajstić information content (AvgIpc) is 2.42. The predicted octanol–water partition coefficient (Wildman–Crippen LogP) is 2.89. The summed E-state index contributed by atoms with van der Waals surface area (Å²) in [7, 11) is 3.43. The molecule has 108 valence electrons. The minimum atomic E-state index is 0.299. The summed E-state index contributed by atoms with van der Waals surface area (Å²) >= 11 is 0. The molecule has 0 bridgehead atoms. The van der Waals surface area contributed by atoms with Crippen LogP contribution in [0.15, 0.2) is 24.3 Å². The first-order valence-corrected chi connectivity index (χ1v) is 6.90. The Hall–Kier alpha value is -1.06. The van der Waals surface area contributed by atoms with E-state index < -0.39 is 0 Å². The monoisotopic (exact) mass is 265 g/mol. The van der Waals surface area contributed by atoms with Gasteiger partial charge < -0.3 is 14.8 Å². The van der Waals surface area contributed by atoms with Crippen LogP contribution >= 0.6 is 0 Å². The molecule has 1 aromatic rings. The van der Waals surface area contributed by atoms with E-state index in [2.05, 4.69) is 31.3 Å². The van der Waals surface area contributed by atoms with E-state index in [-0.39, 0.29) is 0 Å². The highest BCUT2D eigenvalue weighted by Crippen LogP contribution is 2.22. The minimum absolute atomic E-state index is 0.299. The molecular formula is C16H27NO2. The van der Waals surface area contributed by atoms with Gasteiger partial charge in [-0.2, -0.15) is 0 Å². The van der Waals surface area contributed by atoms with Crippen LogP contribution in [0.3, 0.4) is 0 Å². The van der Waals surface area contributed by atoms with Crippen molar-refractivity contribution in [3.63, 3.8) is 0 Å². The van der Waals surface area contributed by atoms with E-state index in [0.717, 1.165) is 31.9 Å². The number of hydrogen-bond acceptors (Lipinski definition) is 3. The van der Waals surface area contributed by atoms with E-state index in [4.69, 9.17) is 9.47 Å². The molecule has 1 rings (SSSR count). The van der Waals surface area contributed by atoms with Crippen molar-refractivity contribution in [3.05, 3.63) is 29.8 Å². The van der Waals surface area contributed by atoms with Gasteiger partial charge in [-0.25, -0.2) is 0 Å². The van der Waals surface area contributed by atoms with Gasteiger partial charge in [0.25, 0.3) is 0 Å². The lowest BCUT2D eigenvalue weighted by molar-refractivity contribution is 0.193. The molecule has 0 saturated carbocycles. The van der Waals surface area contributed by atoms with E-state index in [0.29, 0.717) is 5.41 Å². The number of hydrogen-bond donors (Lipinski definition) is 1. The fraction of sp³-hybridized carbons (Fsp3) is 0.625. The van der Waals surface area contributed by atoms with Gasteiger partial charge in [-0.15, -0.1) is 0 Å². The van der Waals surface area contributed by atoms with Gasteiger partial charge in [-0.3, -0.25) is 0 Å². The van der Waals surface area contributed by atoms with Crippen LogP contribution in [0.5, 0.6) is 5.75 Å². The zero-order valence-corrected chi connectivity index (χ0v) is 12.7. The molecule has 0 aromatic heterocycles. The highest BCUT2D eigenvalue weighted by Gasteiger charge is 2.16. The number of rotatable bonds is 9. The quantitative estimate of drug-likeness (QED) is 0.696. The van der Waals surface area contributed by atoms with Crippen molar-refractivity contribution in [2.45, 2.75) is 26.7 Å². The van der Waals surface area contributed by atoms with Gasteiger partial charge in [0.05, 0.1) is 13.7 Å². The lowest BCUT2D eigenvalue weighted by atomic mass is 9.86. The van der Waals surface area contributed by atoms with Crippen LogP contribution in [0.4, 0.5) is 0 Å². The second-order valence-electron chi connectivity index (χ2n) is 5.68. The first kappa shape index (κ1) is 16.0. The first-order chi connectivity index (χ1) is 9.07. The minimum Gasteiger partial charge on any atom is -0.497 e. The molecule has 0 aliphatic carbocycles. The van der Waals surface area contributed by atoms with Crippen molar-refractivity contribution < 1.29 is 9.47 Å². The molecule has 1 N–H and O–H groups in total. The van der Waals surface area contributed by atoms with E-state index in [9.17, 15) is 0 Å². The van der Waals surface area contributed by atoms with E-state index in [1.165, 1.54) is 12.0 Å². The Morgan fingerprint density at radius 2 is 1.79 bits per heavy atom. The summed E-state index contributed by atoms with van der Waals surface area (Å²) in [4.78, 5) is 0. The zero-order valence-electron chi connectivity index (χ0n) is 12.7. The predicted molar refractivity (Wildman–Crippen MR) is 79.8 cm³/mol. The van der Waals surface area contributed by atoms with Gasteiger partial charge >= 0.3 is 0 Å². The molecule has 0 aliphatic rings. The Morgan fingerprint density at radius 3 is 2.37 bits per heavy atom. The van der Waals surface area contributed by atoms with Crippen LogP contribution in [0, 0.1) is 5.41 Å². The highest BCUT2D eigenvalue weighted by atomic mass is 16.5. The van der Waals surface area contributed by atoms with Gasteiger partial charge in [0.15, 0.2) is 0 Å². The van der Waals surface area contributed by atoms with Crippen molar-refractivity contribution in [2.24, 2.45) is 5.41 Å². The van der Waals surface area contributed by atoms with Crippen molar-refractivity contribution >= 4 is 0 Å². The lowest BCUT2D eigenvalue weighted by Crippen LogP contribution is -2.31. The Labute approximate surface area is 117 Å². The van der Waals surface area contributed by atoms with Crippen LogP contribution in [-0.2, 0) is 11.2 Å². The van der Waals surface area contributed by atoms with Gasteiger partial charge in [0.1, 0.15) is 5.75 Å². The van der Waals surface area contributed by atoms with Gasteiger partial charge in [0.2, 0.25) is 0 Å². The third kappa shape index (κ3) is 6.60. The maximum absolute atomic E-state index is 5.17. The number of benzene rings is 1. The summed E-state index contributed by atoms with van der Waals surface area (Å²) in [6, 6.07) is 8.35. The number of aryl methyl sites for hydroxylation is 1. The molecular weight excluding hydrogens is 238 g/mol. The smallest absolute Gasteiger partial charge is 0.118 e. The Morgan fingerprint density at radius 1 is 1.11 bits per heavy atom. The molecule has 0 aliphatic heterocycles. The number of ether oxygens (including phenoxy) is 2. The van der Waals surface area contributed by atoms with Crippen LogP contribution in [-0.4, -0.2) is 33.9 Å². The maximum Gasteiger partial charge on any atom is 0.118 e. The largest absolute Gasteiger partial charge is 0.497 e. The summed E-state index contributed by atoms with van der Waals surface area (Å²) in [5.74, 6) is 0.921. The van der Waals surface area contributed by atoms with Crippen LogP contribution < -0.4 is 10.1 Å². The molecule has 0 amide bonds. The molecule has 0 fully saturated rings. The Bertz CT molecular complexity index is 346. The molecule has 3 nitrogen and oxygen atoms in total. The fourth-order valence-electron chi connectivity index (χ4n) is 1.96. The summed E-state index contributed by atoms with van der Waals surface area (Å²) in [5.41, 5.74) is 1.67. The Balaban J connectivity index is 2.32. The zero-order chi connectivity index (χ0) is 14.1. The molecule has 1 aromatic carbocycles. The second kappa shape index (κ2) is 8.18. The van der Waals surface area contributed by atoms with E-state index in [1.54, 1.807) is 14.2 Å². The molecule has 0 spiro atoms. The Kier molecular flexibility index (Phi) is 6.89. The number of methoxy groups -OCH3 is 2.